The molecule has 44 heavy (non-hydrogen) atoms. The Balaban J connectivity index is 1.21. The lowest BCUT2D eigenvalue weighted by molar-refractivity contribution is -0.145. The molecule has 0 aromatic heterocycles. The van der Waals surface area contributed by atoms with Crippen molar-refractivity contribution in [2.24, 2.45) is 0 Å². The van der Waals surface area contributed by atoms with Gasteiger partial charge < -0.3 is 23.7 Å². The molecule has 1 amide bonds. The highest BCUT2D eigenvalue weighted by Crippen LogP contribution is 2.34. The molecule has 0 bridgehead atoms. The Morgan fingerprint density at radius 3 is 2.18 bits per heavy atom. The van der Waals surface area contributed by atoms with Crippen LogP contribution in [0.2, 0.25) is 0 Å². The number of likely N-dealkylation sites (tertiary alicyclic amines) is 1. The zero-order valence-electron chi connectivity index (χ0n) is 25.9. The van der Waals surface area contributed by atoms with Crippen molar-refractivity contribution in [1.82, 2.24) is 9.80 Å². The van der Waals surface area contributed by atoms with Crippen molar-refractivity contribution in [3.63, 3.8) is 0 Å². The zero-order chi connectivity index (χ0) is 31.2. The first-order chi connectivity index (χ1) is 21.2. The molecule has 0 N–H and O–H groups in total. The maximum absolute atomic E-state index is 12.1. The number of benzene rings is 3. The van der Waals surface area contributed by atoms with Crippen LogP contribution in [0, 0.1) is 20.8 Å². The van der Waals surface area contributed by atoms with Gasteiger partial charge in [0.05, 0.1) is 19.7 Å². The van der Waals surface area contributed by atoms with Crippen molar-refractivity contribution in [2.75, 3.05) is 39.8 Å². The van der Waals surface area contributed by atoms with Crippen LogP contribution in [0.4, 0.5) is 0 Å². The summed E-state index contributed by atoms with van der Waals surface area (Å²) in [7, 11) is 0.574. The Morgan fingerprint density at radius 1 is 0.864 bits per heavy atom. The molecule has 5 rings (SSSR count). The van der Waals surface area contributed by atoms with Gasteiger partial charge in [-0.1, -0.05) is 30.3 Å². The third kappa shape index (κ3) is 7.61. The van der Waals surface area contributed by atoms with Crippen LogP contribution in [0.5, 0.6) is 11.5 Å². The summed E-state index contributed by atoms with van der Waals surface area (Å²) in [5.74, 6) is 0.816. The van der Waals surface area contributed by atoms with E-state index in [9.17, 15) is 14.4 Å². The van der Waals surface area contributed by atoms with Gasteiger partial charge in [0.15, 0.2) is 0 Å². The van der Waals surface area contributed by atoms with Crippen molar-refractivity contribution in [1.29, 1.82) is 0 Å². The number of aryl methyl sites for hydroxylation is 2. The minimum absolute atomic E-state index is 0.0190. The van der Waals surface area contributed by atoms with Crippen LogP contribution in [-0.2, 0) is 30.3 Å². The molecule has 9 nitrogen and oxygen atoms in total. The Bertz CT molecular complexity index is 1480. The summed E-state index contributed by atoms with van der Waals surface area (Å²) in [6.07, 6.45) is 2.44. The number of carbonyl (C=O) groups excluding carboxylic acids is 3. The summed E-state index contributed by atoms with van der Waals surface area (Å²) in [5.41, 5.74) is 7.35. The van der Waals surface area contributed by atoms with Crippen LogP contribution in [0.15, 0.2) is 54.6 Å². The molecule has 3 aromatic carbocycles. The second kappa shape index (κ2) is 14.0. The average Bonchev–Trinajstić information content (AvgIpc) is 3.38. The lowest BCUT2D eigenvalue weighted by Gasteiger charge is -2.22. The molecule has 2 aliphatic heterocycles. The SMILES string of the molecule is Cc1cc(OCCCN2CCCC2=O)cc(C)c1-c1cccc(COc2ccc(B3OC(=O)CN(C)CC(=O)O3)cc2)c1C. The predicted molar refractivity (Wildman–Crippen MR) is 168 cm³/mol. The summed E-state index contributed by atoms with van der Waals surface area (Å²) < 4.78 is 22.9. The van der Waals surface area contributed by atoms with Crippen LogP contribution < -0.4 is 14.9 Å². The van der Waals surface area contributed by atoms with Gasteiger partial charge in [0.2, 0.25) is 5.91 Å². The molecule has 2 saturated heterocycles. The van der Waals surface area contributed by atoms with E-state index in [0.29, 0.717) is 30.8 Å². The van der Waals surface area contributed by atoms with E-state index in [1.165, 1.54) is 5.56 Å². The van der Waals surface area contributed by atoms with Crippen LogP contribution in [0.1, 0.15) is 41.5 Å². The van der Waals surface area contributed by atoms with E-state index in [-0.39, 0.29) is 19.0 Å². The molecule has 10 heteroatoms. The van der Waals surface area contributed by atoms with Crippen LogP contribution >= 0.6 is 0 Å². The van der Waals surface area contributed by atoms with Gasteiger partial charge in [0, 0.05) is 25.0 Å². The zero-order valence-corrected chi connectivity index (χ0v) is 25.9. The lowest BCUT2D eigenvalue weighted by Crippen LogP contribution is -2.47. The smallest absolute Gasteiger partial charge is 0.494 e. The maximum Gasteiger partial charge on any atom is 0.636 e. The average molecular weight is 599 g/mol. The summed E-state index contributed by atoms with van der Waals surface area (Å²) in [6, 6.07) is 17.4. The largest absolute Gasteiger partial charge is 0.636 e. The molecule has 0 atom stereocenters. The van der Waals surface area contributed by atoms with Gasteiger partial charge in [-0.2, -0.15) is 0 Å². The Morgan fingerprint density at radius 2 is 1.55 bits per heavy atom. The number of hydrogen-bond acceptors (Lipinski definition) is 8. The molecule has 0 aliphatic carbocycles. The first kappa shape index (κ1) is 31.1. The fourth-order valence-electron chi connectivity index (χ4n) is 5.78. The number of rotatable bonds is 10. The molecule has 230 valence electrons. The second-order valence-corrected chi connectivity index (χ2v) is 11.5. The minimum atomic E-state index is -1.08. The van der Waals surface area contributed by atoms with Crippen molar-refractivity contribution in [2.45, 2.75) is 46.6 Å². The molecule has 2 heterocycles. The highest BCUT2D eigenvalue weighted by molar-refractivity contribution is 6.64. The first-order valence-corrected chi connectivity index (χ1v) is 15.1. The molecule has 0 radical (unpaired) electrons. The monoisotopic (exact) mass is 598 g/mol. The maximum atomic E-state index is 12.1. The minimum Gasteiger partial charge on any atom is -0.494 e. The Labute approximate surface area is 259 Å². The number of ether oxygens (including phenoxy) is 2. The quantitative estimate of drug-likeness (QED) is 0.256. The third-order valence-electron chi connectivity index (χ3n) is 8.06. The number of amides is 1. The van der Waals surface area contributed by atoms with Crippen LogP contribution in [0.25, 0.3) is 11.1 Å². The Hall–Kier alpha value is -4.31. The van der Waals surface area contributed by atoms with Gasteiger partial charge in [0.1, 0.15) is 18.1 Å². The molecule has 0 unspecified atom stereocenters. The summed E-state index contributed by atoms with van der Waals surface area (Å²) in [5, 5.41) is 0. The predicted octanol–water partition coefficient (Wildman–Crippen LogP) is 3.98. The van der Waals surface area contributed by atoms with E-state index in [1.54, 1.807) is 36.2 Å². The fourth-order valence-corrected chi connectivity index (χ4v) is 5.78. The number of carbonyl (C=O) groups is 3. The molecule has 2 aliphatic rings. The molecular formula is C34H39BN2O7. The van der Waals surface area contributed by atoms with Crippen LogP contribution in [-0.4, -0.2) is 74.6 Å². The number of likely N-dealkylation sites (N-methyl/N-ethyl adjacent to an activating group) is 1. The van der Waals surface area contributed by atoms with Crippen molar-refractivity contribution >= 4 is 30.4 Å². The summed E-state index contributed by atoms with van der Waals surface area (Å²) in [6.45, 7) is 8.90. The van der Waals surface area contributed by atoms with Gasteiger partial charge in [-0.25, -0.2) is 0 Å². The van der Waals surface area contributed by atoms with Gasteiger partial charge in [-0.05, 0) is 98.3 Å². The lowest BCUT2D eigenvalue weighted by atomic mass is 9.78. The topological polar surface area (TPSA) is 94.6 Å². The summed E-state index contributed by atoms with van der Waals surface area (Å²) >= 11 is 0. The van der Waals surface area contributed by atoms with Crippen molar-refractivity contribution in [3.05, 3.63) is 76.9 Å². The van der Waals surface area contributed by atoms with Gasteiger partial charge in [0.25, 0.3) is 0 Å². The number of nitrogens with zero attached hydrogens (tertiary/aromatic N) is 2. The number of hydrogen-bond donors (Lipinski definition) is 0. The standard InChI is InChI=1S/C34H39BN2O7/c1-23-18-29(41-17-7-16-37-15-6-10-31(37)38)19-24(2)34(23)30-9-5-8-26(25(30)3)22-42-28-13-11-27(12-14-28)35-43-32(39)20-36(4)21-33(40)44-35/h5,8-9,11-14,18-19H,6-7,10,15-17,20-22H2,1-4H3. The second-order valence-electron chi connectivity index (χ2n) is 11.5. The first-order valence-electron chi connectivity index (χ1n) is 15.1. The van der Waals surface area contributed by atoms with E-state index >= 15 is 0 Å². The van der Waals surface area contributed by atoms with Gasteiger partial charge >= 0.3 is 19.1 Å². The highest BCUT2D eigenvalue weighted by atomic mass is 16.6. The van der Waals surface area contributed by atoms with E-state index in [2.05, 4.69) is 45.0 Å². The molecular weight excluding hydrogens is 559 g/mol. The van der Waals surface area contributed by atoms with E-state index in [1.807, 2.05) is 11.0 Å². The van der Waals surface area contributed by atoms with Gasteiger partial charge in [-0.3, -0.25) is 19.3 Å². The Kier molecular flexibility index (Phi) is 9.90. The normalized spacial score (nSPS) is 16.0. The van der Waals surface area contributed by atoms with E-state index < -0.39 is 19.1 Å². The van der Waals surface area contributed by atoms with Crippen molar-refractivity contribution in [3.8, 4) is 22.6 Å². The molecule has 0 saturated carbocycles. The highest BCUT2D eigenvalue weighted by Gasteiger charge is 2.33. The van der Waals surface area contributed by atoms with Crippen LogP contribution in [0.3, 0.4) is 0 Å². The molecule has 0 spiro atoms. The molecule has 3 aromatic rings. The van der Waals surface area contributed by atoms with E-state index in [0.717, 1.165) is 59.5 Å². The van der Waals surface area contributed by atoms with Gasteiger partial charge in [-0.15, -0.1) is 0 Å². The van der Waals surface area contributed by atoms with E-state index in [4.69, 9.17) is 18.8 Å². The third-order valence-corrected chi connectivity index (χ3v) is 8.06. The molecule has 2 fully saturated rings. The van der Waals surface area contributed by atoms with Crippen molar-refractivity contribution < 1.29 is 33.2 Å². The fraction of sp³-hybridized carbons (Fsp3) is 0.382. The summed E-state index contributed by atoms with van der Waals surface area (Å²) in [4.78, 5) is 39.5.